The van der Waals surface area contributed by atoms with Gasteiger partial charge in [-0.3, -0.25) is 4.79 Å². The van der Waals surface area contributed by atoms with Crippen molar-refractivity contribution >= 4 is 12.0 Å². The second-order valence-corrected chi connectivity index (χ2v) is 6.51. The van der Waals surface area contributed by atoms with E-state index in [9.17, 15) is 14.7 Å². The molecule has 120 valence electrons. The standard InChI is InChI=1S/C15H27N3O3/c1-2-7-15(13(19)20)8-9-18(10-15)14(21)17-12-6-4-3-5-11(12)16/h11-12H,2-10,16H2,1H3,(H,17,21)(H,19,20). The van der Waals surface area contributed by atoms with Crippen LogP contribution >= 0.6 is 0 Å². The van der Waals surface area contributed by atoms with Crippen molar-refractivity contribution < 1.29 is 14.7 Å². The fourth-order valence-electron chi connectivity index (χ4n) is 3.60. The minimum absolute atomic E-state index is 0.0187. The van der Waals surface area contributed by atoms with E-state index in [1.54, 1.807) is 4.90 Å². The Morgan fingerprint density at radius 3 is 2.71 bits per heavy atom. The molecule has 1 aliphatic heterocycles. The van der Waals surface area contributed by atoms with Crippen molar-refractivity contribution in [3.05, 3.63) is 0 Å². The summed E-state index contributed by atoms with van der Waals surface area (Å²) < 4.78 is 0. The Balaban J connectivity index is 1.93. The first-order valence-electron chi connectivity index (χ1n) is 8.03. The number of hydrogen-bond acceptors (Lipinski definition) is 3. The summed E-state index contributed by atoms with van der Waals surface area (Å²) in [5.41, 5.74) is 5.28. The quantitative estimate of drug-likeness (QED) is 0.733. The van der Waals surface area contributed by atoms with Crippen molar-refractivity contribution in [3.8, 4) is 0 Å². The second-order valence-electron chi connectivity index (χ2n) is 6.51. The van der Waals surface area contributed by atoms with E-state index in [2.05, 4.69) is 5.32 Å². The number of carboxylic acid groups (broad SMARTS) is 1. The molecule has 0 aromatic rings. The van der Waals surface area contributed by atoms with Gasteiger partial charge in [0, 0.05) is 25.2 Å². The molecule has 1 aliphatic carbocycles. The molecule has 0 aromatic carbocycles. The molecule has 1 saturated heterocycles. The Bertz CT molecular complexity index is 402. The first-order valence-corrected chi connectivity index (χ1v) is 8.03. The smallest absolute Gasteiger partial charge is 0.317 e. The number of nitrogens with two attached hydrogens (primary N) is 1. The van der Waals surface area contributed by atoms with Gasteiger partial charge in [0.15, 0.2) is 0 Å². The number of hydrogen-bond donors (Lipinski definition) is 3. The zero-order valence-corrected chi connectivity index (χ0v) is 12.8. The third-order valence-corrected chi connectivity index (χ3v) is 4.95. The van der Waals surface area contributed by atoms with Gasteiger partial charge in [0.2, 0.25) is 0 Å². The van der Waals surface area contributed by atoms with Gasteiger partial charge in [-0.15, -0.1) is 0 Å². The molecule has 1 saturated carbocycles. The average Bonchev–Trinajstić information content (AvgIpc) is 2.87. The van der Waals surface area contributed by atoms with Crippen LogP contribution < -0.4 is 11.1 Å². The van der Waals surface area contributed by atoms with Crippen LogP contribution in [-0.4, -0.2) is 47.2 Å². The lowest BCUT2D eigenvalue weighted by Crippen LogP contribution is -2.53. The van der Waals surface area contributed by atoms with E-state index in [1.807, 2.05) is 6.92 Å². The van der Waals surface area contributed by atoms with E-state index in [-0.39, 0.29) is 18.1 Å². The summed E-state index contributed by atoms with van der Waals surface area (Å²) >= 11 is 0. The van der Waals surface area contributed by atoms with E-state index in [0.29, 0.717) is 25.9 Å². The van der Waals surface area contributed by atoms with Crippen LogP contribution in [0.2, 0.25) is 0 Å². The van der Waals surface area contributed by atoms with Gasteiger partial charge in [-0.05, 0) is 25.7 Å². The monoisotopic (exact) mass is 297 g/mol. The van der Waals surface area contributed by atoms with Crippen LogP contribution in [0.1, 0.15) is 51.9 Å². The highest BCUT2D eigenvalue weighted by Gasteiger charge is 2.45. The predicted octanol–water partition coefficient (Wildman–Crippen LogP) is 1.54. The molecule has 0 spiro atoms. The third kappa shape index (κ3) is 3.48. The summed E-state index contributed by atoms with van der Waals surface area (Å²) in [7, 11) is 0. The van der Waals surface area contributed by atoms with Crippen LogP contribution in [-0.2, 0) is 4.79 Å². The highest BCUT2D eigenvalue weighted by Crippen LogP contribution is 2.35. The van der Waals surface area contributed by atoms with Crippen molar-refractivity contribution in [2.75, 3.05) is 13.1 Å². The molecule has 0 bridgehead atoms. The van der Waals surface area contributed by atoms with Crippen LogP contribution in [0.5, 0.6) is 0 Å². The molecule has 2 amide bonds. The molecule has 6 heteroatoms. The van der Waals surface area contributed by atoms with E-state index in [0.717, 1.165) is 32.1 Å². The summed E-state index contributed by atoms with van der Waals surface area (Å²) in [5, 5.41) is 12.5. The summed E-state index contributed by atoms with van der Waals surface area (Å²) in [4.78, 5) is 25.5. The Morgan fingerprint density at radius 1 is 1.38 bits per heavy atom. The number of carboxylic acids is 1. The van der Waals surface area contributed by atoms with Crippen molar-refractivity contribution in [2.24, 2.45) is 11.1 Å². The molecule has 1 heterocycles. The minimum Gasteiger partial charge on any atom is -0.481 e. The summed E-state index contributed by atoms with van der Waals surface area (Å²) in [6.45, 7) is 2.80. The summed E-state index contributed by atoms with van der Waals surface area (Å²) in [6.07, 6.45) is 6.05. The summed E-state index contributed by atoms with van der Waals surface area (Å²) in [6, 6.07) is -0.112. The van der Waals surface area contributed by atoms with E-state index in [4.69, 9.17) is 5.73 Å². The van der Waals surface area contributed by atoms with E-state index < -0.39 is 11.4 Å². The molecule has 2 rings (SSSR count). The van der Waals surface area contributed by atoms with Gasteiger partial charge in [0.05, 0.1) is 5.41 Å². The first kappa shape index (κ1) is 16.1. The minimum atomic E-state index is -0.783. The van der Waals surface area contributed by atoms with Crippen LogP contribution in [0.3, 0.4) is 0 Å². The molecule has 4 N–H and O–H groups in total. The van der Waals surface area contributed by atoms with Crippen LogP contribution in [0, 0.1) is 5.41 Å². The van der Waals surface area contributed by atoms with Crippen molar-refractivity contribution in [2.45, 2.75) is 64.0 Å². The molecule has 6 nitrogen and oxygen atoms in total. The number of nitrogens with zero attached hydrogens (tertiary/aromatic N) is 1. The Kier molecular flexibility index (Phi) is 5.08. The van der Waals surface area contributed by atoms with Crippen LogP contribution in [0.4, 0.5) is 4.79 Å². The van der Waals surface area contributed by atoms with Crippen LogP contribution in [0.25, 0.3) is 0 Å². The lowest BCUT2D eigenvalue weighted by atomic mass is 9.83. The molecule has 0 radical (unpaired) electrons. The predicted molar refractivity (Wildman–Crippen MR) is 79.9 cm³/mol. The maximum atomic E-state index is 12.3. The molecule has 2 aliphatic rings. The Morgan fingerprint density at radius 2 is 2.10 bits per heavy atom. The van der Waals surface area contributed by atoms with Gasteiger partial charge < -0.3 is 21.1 Å². The maximum Gasteiger partial charge on any atom is 0.317 e. The molecular formula is C15H27N3O3. The van der Waals surface area contributed by atoms with Gasteiger partial charge in [-0.25, -0.2) is 4.79 Å². The number of carbonyl (C=O) groups excluding carboxylic acids is 1. The molecule has 21 heavy (non-hydrogen) atoms. The molecule has 3 atom stereocenters. The number of amides is 2. The van der Waals surface area contributed by atoms with Gasteiger partial charge in [0.1, 0.15) is 0 Å². The Labute approximate surface area is 126 Å². The van der Waals surface area contributed by atoms with Crippen molar-refractivity contribution in [3.63, 3.8) is 0 Å². The Hall–Kier alpha value is -1.30. The number of nitrogens with one attached hydrogen (secondary N) is 1. The number of rotatable bonds is 4. The molecule has 3 unspecified atom stereocenters. The maximum absolute atomic E-state index is 12.3. The average molecular weight is 297 g/mol. The van der Waals surface area contributed by atoms with Gasteiger partial charge in [-0.2, -0.15) is 0 Å². The molecular weight excluding hydrogens is 270 g/mol. The number of aliphatic carboxylic acids is 1. The lowest BCUT2D eigenvalue weighted by molar-refractivity contribution is -0.148. The normalized spacial score (nSPS) is 33.0. The van der Waals surface area contributed by atoms with Gasteiger partial charge in [0.25, 0.3) is 0 Å². The zero-order chi connectivity index (χ0) is 15.5. The van der Waals surface area contributed by atoms with Crippen molar-refractivity contribution in [1.82, 2.24) is 10.2 Å². The van der Waals surface area contributed by atoms with Gasteiger partial charge in [-0.1, -0.05) is 26.2 Å². The SMILES string of the molecule is CCCC1(C(=O)O)CCN(C(=O)NC2CCCCC2N)C1. The number of urea groups is 1. The molecule has 0 aromatic heterocycles. The third-order valence-electron chi connectivity index (χ3n) is 4.95. The number of likely N-dealkylation sites (tertiary alicyclic amines) is 1. The molecule has 2 fully saturated rings. The largest absolute Gasteiger partial charge is 0.481 e. The highest BCUT2D eigenvalue weighted by molar-refractivity contribution is 5.80. The highest BCUT2D eigenvalue weighted by atomic mass is 16.4. The summed E-state index contributed by atoms with van der Waals surface area (Å²) in [5.74, 6) is -0.783. The van der Waals surface area contributed by atoms with Gasteiger partial charge >= 0.3 is 12.0 Å². The fraction of sp³-hybridized carbons (Fsp3) is 0.867. The topological polar surface area (TPSA) is 95.7 Å². The second kappa shape index (κ2) is 6.64. The van der Waals surface area contributed by atoms with Crippen LogP contribution in [0.15, 0.2) is 0 Å². The number of carbonyl (C=O) groups is 2. The fourth-order valence-corrected chi connectivity index (χ4v) is 3.60. The van der Waals surface area contributed by atoms with E-state index in [1.165, 1.54) is 0 Å². The van der Waals surface area contributed by atoms with Crippen molar-refractivity contribution in [1.29, 1.82) is 0 Å². The van der Waals surface area contributed by atoms with E-state index >= 15 is 0 Å². The first-order chi connectivity index (χ1) is 9.98. The lowest BCUT2D eigenvalue weighted by Gasteiger charge is -2.31. The zero-order valence-electron chi connectivity index (χ0n) is 12.8.